The first kappa shape index (κ1) is 72.9. The van der Waals surface area contributed by atoms with Crippen LogP contribution in [0, 0.1) is 20.8 Å². The molecule has 95 heavy (non-hydrogen) atoms. The number of carbonyl (C=O) groups is 1. The lowest BCUT2D eigenvalue weighted by atomic mass is 9.78. The van der Waals surface area contributed by atoms with Crippen molar-refractivity contribution in [3.63, 3.8) is 0 Å². The molecule has 3 saturated heterocycles. The summed E-state index contributed by atoms with van der Waals surface area (Å²) in [5, 5.41) is 0. The molecule has 0 aliphatic carbocycles. The summed E-state index contributed by atoms with van der Waals surface area (Å²) in [7, 11) is -20.9. The zero-order valence-corrected chi connectivity index (χ0v) is 54.7. The van der Waals surface area contributed by atoms with E-state index in [0.717, 1.165) is 49.0 Å². The minimum absolute atomic E-state index is 0.0141. The van der Waals surface area contributed by atoms with E-state index in [1.54, 1.807) is 0 Å². The molecule has 3 aromatic heterocycles. The Kier molecular flexibility index (Phi) is 24.4. The number of carbonyl (C=O) groups excluding carboxylic acids is 1. The van der Waals surface area contributed by atoms with Crippen molar-refractivity contribution in [3.05, 3.63) is 205 Å². The summed E-state index contributed by atoms with van der Waals surface area (Å²) >= 11 is 0. The Morgan fingerprint density at radius 2 is 0.811 bits per heavy atom. The zero-order chi connectivity index (χ0) is 68.3. The number of ether oxygens (including phenoxy) is 3. The van der Waals surface area contributed by atoms with Crippen LogP contribution >= 0.6 is 31.3 Å². The number of hydrogen-bond acceptors (Lipinski definition) is 24. The summed E-state index contributed by atoms with van der Waals surface area (Å²) in [5.41, 5.74) is 0.320. The highest BCUT2D eigenvalue weighted by molar-refractivity contribution is 7.48. The van der Waals surface area contributed by atoms with Gasteiger partial charge >= 0.3 is 48.4 Å². The molecule has 6 heterocycles. The van der Waals surface area contributed by atoms with Crippen molar-refractivity contribution < 1.29 is 97.9 Å². The number of aromatic amines is 3. The number of H-pyrrole nitrogens is 3. The second kappa shape index (κ2) is 31.9. The third-order valence-electron chi connectivity index (χ3n) is 15.5. The number of aldehydes is 1. The standard InChI is InChI=1S/C57H71N7O27P4/c1-36-30-62(54(69)58-51(36)66)48-27-42(89-93(74,75)82-26-23-65)46(87-48)34-84-95(78,79)91-44-29-50(64-32-38(3)53(68)60-56(64)71)88-47(44)35-85-94(76,77)90-43-28-49(63-31-37(2)52(67)59-55(63)70)86-45(43)33-83-92(72,73)81-25-16-5-4-15-24-80-61-57(39-17-9-6-10-18-39,40-19-11-7-12-20-40)41-21-13-8-14-22-41/h6-14,17-23,30-32,42-50,61H,4-5,15-16,24-29,33-35H2,1-3H3,(H,72,73)(H,74,75)(H,76,77)(H,78,79)(H,58,66,69)(H,59,67,70)(H,60,68,71)/t42-,43-,44-,45+,46+,47+,48+,49+,50+/m0/s1. The van der Waals surface area contributed by atoms with Gasteiger partial charge in [-0.3, -0.25) is 79.2 Å². The second-order valence-corrected chi connectivity index (χ2v) is 27.9. The van der Waals surface area contributed by atoms with Crippen LogP contribution in [-0.2, 0) is 83.8 Å². The lowest BCUT2D eigenvalue weighted by Gasteiger charge is -2.36. The summed E-state index contributed by atoms with van der Waals surface area (Å²) in [6.07, 6.45) is -9.75. The van der Waals surface area contributed by atoms with Crippen LogP contribution in [0.3, 0.4) is 0 Å². The van der Waals surface area contributed by atoms with E-state index in [4.69, 9.17) is 50.7 Å². The molecule has 516 valence electrons. The number of aryl methyl sites for hydroxylation is 3. The van der Waals surface area contributed by atoms with Crippen LogP contribution in [-0.4, -0.2) is 131 Å². The van der Waals surface area contributed by atoms with Crippen LogP contribution < -0.4 is 39.2 Å². The molecule has 3 fully saturated rings. The Morgan fingerprint density at radius 3 is 1.16 bits per heavy atom. The van der Waals surface area contributed by atoms with Gasteiger partial charge in [-0.1, -0.05) is 104 Å². The van der Waals surface area contributed by atoms with E-state index in [0.29, 0.717) is 32.3 Å². The third-order valence-corrected chi connectivity index (χ3v) is 19.5. The molecule has 0 amide bonds. The quantitative estimate of drug-likeness (QED) is 0.00915. The largest absolute Gasteiger partial charge is 0.472 e. The molecule has 0 bridgehead atoms. The van der Waals surface area contributed by atoms with Crippen LogP contribution in [0.15, 0.2) is 138 Å². The average Bonchev–Trinajstić information content (AvgIpc) is 1.53. The molecular formula is C57H71N7O27P4. The number of nitrogens with one attached hydrogen (secondary N) is 4. The molecule has 0 spiro atoms. The van der Waals surface area contributed by atoms with Crippen LogP contribution in [0.2, 0.25) is 0 Å². The van der Waals surface area contributed by atoms with Crippen molar-refractivity contribution in [2.24, 2.45) is 0 Å². The van der Waals surface area contributed by atoms with Crippen LogP contribution in [0.5, 0.6) is 0 Å². The molecule has 6 aromatic rings. The Bertz CT molecular complexity index is 4100. The molecule has 38 heteroatoms. The minimum Gasteiger partial charge on any atom is -0.349 e. The summed E-state index contributed by atoms with van der Waals surface area (Å²) in [4.78, 5) is 143. The molecule has 3 aliphatic rings. The second-order valence-electron chi connectivity index (χ2n) is 22.2. The SMILES string of the molecule is Cc1cn([C@H]2C[C@H](OP(=O)(O)OC[C@H]3O[C@@H](n4cc(C)c(=O)[nH]c4=O)C[C@@H]3OP(=O)(O)OC[C@H]3O[C@@H](n4cc(C)c(=O)[nH]c4=O)C[C@@H]3OP(=O)(O)OCC=O)[C@@H](COP(=O)(O)OCCCCCCONC(c3ccccc3)(c3ccccc3)c3ccccc3)O2)c(=O)[nH]c1=O. The fraction of sp³-hybridized carbons (Fsp3) is 0.456. The maximum atomic E-state index is 14.0. The average molecular weight is 1410 g/mol. The predicted molar refractivity (Wildman–Crippen MR) is 330 cm³/mol. The fourth-order valence-electron chi connectivity index (χ4n) is 10.8. The van der Waals surface area contributed by atoms with Gasteiger partial charge in [0.25, 0.3) is 16.7 Å². The number of hydrogen-bond donors (Lipinski definition) is 8. The maximum absolute atomic E-state index is 14.0. The summed E-state index contributed by atoms with van der Waals surface area (Å²) < 4.78 is 117. The summed E-state index contributed by atoms with van der Waals surface area (Å²) in [6, 6.07) is 29.7. The molecule has 34 nitrogen and oxygen atoms in total. The third kappa shape index (κ3) is 19.0. The van der Waals surface area contributed by atoms with Gasteiger partial charge in [0.05, 0.1) is 33.0 Å². The maximum Gasteiger partial charge on any atom is 0.472 e. The molecule has 0 radical (unpaired) electrons. The van der Waals surface area contributed by atoms with Gasteiger partial charge in [0, 0.05) is 54.5 Å². The van der Waals surface area contributed by atoms with E-state index in [9.17, 15) is 71.4 Å². The number of rotatable bonds is 34. The molecule has 0 saturated carbocycles. The number of aromatic nitrogens is 6. The van der Waals surface area contributed by atoms with Gasteiger partial charge in [0.1, 0.15) is 73.7 Å². The van der Waals surface area contributed by atoms with Gasteiger partial charge in [-0.2, -0.15) is 5.48 Å². The van der Waals surface area contributed by atoms with Gasteiger partial charge in [-0.15, -0.1) is 0 Å². The van der Waals surface area contributed by atoms with Crippen molar-refractivity contribution in [2.45, 2.75) is 127 Å². The zero-order valence-electron chi connectivity index (χ0n) is 51.2. The van der Waals surface area contributed by atoms with Gasteiger partial charge in [-0.25, -0.2) is 32.6 Å². The molecule has 8 N–H and O–H groups in total. The highest BCUT2D eigenvalue weighted by atomic mass is 31.2. The number of phosphoric ester groups is 4. The normalized spacial score (nSPS) is 24.0. The van der Waals surface area contributed by atoms with Gasteiger partial charge < -0.3 is 43.4 Å². The molecule has 9 rings (SSSR count). The van der Waals surface area contributed by atoms with Crippen LogP contribution in [0.4, 0.5) is 0 Å². The van der Waals surface area contributed by atoms with E-state index in [1.165, 1.54) is 20.8 Å². The monoisotopic (exact) mass is 1410 g/mol. The van der Waals surface area contributed by atoms with E-state index in [2.05, 4.69) is 25.0 Å². The van der Waals surface area contributed by atoms with Crippen molar-refractivity contribution in [3.8, 4) is 0 Å². The Balaban J connectivity index is 0.827. The number of phosphoric acid groups is 4. The lowest BCUT2D eigenvalue weighted by Crippen LogP contribution is -2.44. The molecule has 13 atom stereocenters. The Hall–Kier alpha value is -6.39. The lowest BCUT2D eigenvalue weighted by molar-refractivity contribution is -0.110. The first-order valence-corrected chi connectivity index (χ1v) is 35.6. The van der Waals surface area contributed by atoms with E-state index < -0.39 is 172 Å². The number of unbranched alkanes of at least 4 members (excludes halogenated alkanes) is 3. The van der Waals surface area contributed by atoms with Crippen molar-refractivity contribution in [1.29, 1.82) is 0 Å². The Morgan fingerprint density at radius 1 is 0.484 bits per heavy atom. The first-order chi connectivity index (χ1) is 45.1. The molecule has 3 aliphatic heterocycles. The van der Waals surface area contributed by atoms with Gasteiger partial charge in [0.2, 0.25) is 0 Å². The van der Waals surface area contributed by atoms with Crippen molar-refractivity contribution >= 4 is 37.6 Å². The predicted octanol–water partition coefficient (Wildman–Crippen LogP) is 4.34. The van der Waals surface area contributed by atoms with Crippen molar-refractivity contribution in [2.75, 3.05) is 39.6 Å². The first-order valence-electron chi connectivity index (χ1n) is 29.7. The minimum atomic E-state index is -5.45. The molecular weight excluding hydrogens is 1340 g/mol. The fourth-order valence-corrected chi connectivity index (χ4v) is 14.3. The van der Waals surface area contributed by atoms with E-state index in [1.807, 2.05) is 91.0 Å². The highest BCUT2D eigenvalue weighted by Crippen LogP contribution is 2.54. The van der Waals surface area contributed by atoms with E-state index >= 15 is 0 Å². The molecule has 4 unspecified atom stereocenters. The number of hydroxylamine groups is 1. The Labute approximate surface area is 539 Å². The van der Waals surface area contributed by atoms with Gasteiger partial charge in [-0.05, 0) is 50.3 Å². The number of benzene rings is 3. The van der Waals surface area contributed by atoms with Crippen molar-refractivity contribution in [1.82, 2.24) is 34.1 Å². The van der Waals surface area contributed by atoms with Gasteiger partial charge in [0.15, 0.2) is 0 Å². The summed E-state index contributed by atoms with van der Waals surface area (Å²) in [5.74, 6) is 0. The smallest absolute Gasteiger partial charge is 0.349 e. The number of nitrogens with zero attached hydrogens (tertiary/aromatic N) is 3. The topological polar surface area (TPSA) is 454 Å². The summed E-state index contributed by atoms with van der Waals surface area (Å²) in [6.45, 7) is 0.375. The highest BCUT2D eigenvalue weighted by Gasteiger charge is 2.48. The van der Waals surface area contributed by atoms with E-state index in [-0.39, 0.29) is 29.6 Å². The molecule has 3 aromatic carbocycles. The van der Waals surface area contributed by atoms with Crippen LogP contribution in [0.25, 0.3) is 0 Å². The van der Waals surface area contributed by atoms with Crippen LogP contribution in [0.1, 0.15) is 97.0 Å².